The van der Waals surface area contributed by atoms with Gasteiger partial charge in [-0.2, -0.15) is 0 Å². The molecule has 8 N–H and O–H groups in total. The van der Waals surface area contributed by atoms with Gasteiger partial charge in [0, 0.05) is 55.4 Å². The SMILES string of the molecule is Cc1ccc(-c2c3nc(c(-c4ccc(C(=N)N)cc4)c4ccc([nH]4)c(-c4ccc(C)cc4)c4nc(c(-c5ccc(C(=N)N)cc5)c5ccc2[nH]5)C=C4)C=C3)cc1. The van der Waals surface area contributed by atoms with Crippen LogP contribution in [0.4, 0.5) is 0 Å². The molecule has 8 heteroatoms. The van der Waals surface area contributed by atoms with E-state index in [-0.39, 0.29) is 11.7 Å². The molecule has 8 bridgehead atoms. The van der Waals surface area contributed by atoms with E-state index in [0.717, 1.165) is 89.4 Å². The molecule has 8 nitrogen and oxygen atoms in total. The highest BCUT2D eigenvalue weighted by Gasteiger charge is 2.19. The van der Waals surface area contributed by atoms with Gasteiger partial charge in [0.15, 0.2) is 0 Å². The van der Waals surface area contributed by atoms with Gasteiger partial charge < -0.3 is 21.4 Å². The number of nitrogens with two attached hydrogens (primary N) is 2. The van der Waals surface area contributed by atoms with Crippen LogP contribution in [-0.2, 0) is 0 Å². The Hall–Kier alpha value is -7.58. The number of fused-ring (bicyclic) bond motifs is 8. The Morgan fingerprint density at radius 2 is 0.643 bits per heavy atom. The summed E-state index contributed by atoms with van der Waals surface area (Å²) in [7, 11) is 0. The average molecular weight is 727 g/mol. The van der Waals surface area contributed by atoms with E-state index >= 15 is 0 Å². The molecule has 0 atom stereocenters. The van der Waals surface area contributed by atoms with Gasteiger partial charge in [-0.3, -0.25) is 10.8 Å². The molecule has 7 aromatic rings. The quantitative estimate of drug-likeness (QED) is 0.0744. The molecule has 0 fully saturated rings. The number of nitrogen functional groups attached to an aromatic ring is 2. The summed E-state index contributed by atoms with van der Waals surface area (Å²) in [6.07, 6.45) is 8.31. The molecule has 2 aliphatic rings. The van der Waals surface area contributed by atoms with Crippen molar-refractivity contribution in [3.05, 3.63) is 166 Å². The van der Waals surface area contributed by atoms with E-state index in [1.54, 1.807) is 0 Å². The minimum absolute atomic E-state index is 0.0189. The molecular weight excluding hydrogens is 689 g/mol. The highest BCUT2D eigenvalue weighted by Crippen LogP contribution is 2.38. The highest BCUT2D eigenvalue weighted by atomic mass is 14.8. The Morgan fingerprint density at radius 3 is 0.893 bits per heavy atom. The molecule has 3 aromatic heterocycles. The summed E-state index contributed by atoms with van der Waals surface area (Å²) in [5.74, 6) is 0.0379. The van der Waals surface area contributed by atoms with E-state index in [0.29, 0.717) is 11.1 Å². The number of aryl methyl sites for hydroxylation is 2. The largest absolute Gasteiger partial charge is 0.384 e. The lowest BCUT2D eigenvalue weighted by Crippen LogP contribution is -2.10. The van der Waals surface area contributed by atoms with Gasteiger partial charge in [0.25, 0.3) is 0 Å². The molecule has 0 amide bonds. The van der Waals surface area contributed by atoms with Gasteiger partial charge in [0.1, 0.15) is 11.7 Å². The lowest BCUT2D eigenvalue weighted by molar-refractivity contribution is 1.31. The topological polar surface area (TPSA) is 157 Å². The van der Waals surface area contributed by atoms with Crippen LogP contribution in [0.15, 0.2) is 121 Å². The second-order valence-electron chi connectivity index (χ2n) is 14.2. The predicted octanol–water partition coefficient (Wildman–Crippen LogP) is 10.5. The molecule has 2 aliphatic heterocycles. The van der Waals surface area contributed by atoms with E-state index in [2.05, 4.69) is 121 Å². The second kappa shape index (κ2) is 13.7. The minimum Gasteiger partial charge on any atom is -0.384 e. The van der Waals surface area contributed by atoms with Gasteiger partial charge in [-0.15, -0.1) is 0 Å². The predicted molar refractivity (Wildman–Crippen MR) is 232 cm³/mol. The van der Waals surface area contributed by atoms with Crippen molar-refractivity contribution in [2.75, 3.05) is 0 Å². The second-order valence-corrected chi connectivity index (χ2v) is 14.2. The van der Waals surface area contributed by atoms with Crippen molar-refractivity contribution >= 4 is 58.0 Å². The minimum atomic E-state index is 0.0189. The Kier molecular flexibility index (Phi) is 8.36. The molecule has 4 aromatic carbocycles. The normalized spacial score (nSPS) is 11.9. The smallest absolute Gasteiger partial charge is 0.122 e. The highest BCUT2D eigenvalue weighted by molar-refractivity contribution is 6.01. The fourth-order valence-corrected chi connectivity index (χ4v) is 7.49. The van der Waals surface area contributed by atoms with Crippen molar-refractivity contribution in [2.45, 2.75) is 13.8 Å². The molecule has 0 aliphatic carbocycles. The van der Waals surface area contributed by atoms with Gasteiger partial charge in [0.05, 0.1) is 22.8 Å². The Labute approximate surface area is 324 Å². The molecule has 5 heterocycles. The third-order valence-corrected chi connectivity index (χ3v) is 10.4. The van der Waals surface area contributed by atoms with Crippen LogP contribution in [0.5, 0.6) is 0 Å². The zero-order valence-corrected chi connectivity index (χ0v) is 30.9. The zero-order valence-electron chi connectivity index (χ0n) is 30.9. The number of nitrogens with one attached hydrogen (secondary N) is 4. The Bertz CT molecular complexity index is 2740. The van der Waals surface area contributed by atoms with E-state index in [1.165, 1.54) is 11.1 Å². The van der Waals surface area contributed by atoms with Crippen molar-refractivity contribution in [1.29, 1.82) is 10.8 Å². The van der Waals surface area contributed by atoms with Crippen LogP contribution in [-0.4, -0.2) is 31.6 Å². The first-order chi connectivity index (χ1) is 27.2. The molecule has 56 heavy (non-hydrogen) atoms. The number of aromatic amines is 2. The standard InChI is InChI=1S/C48H38N8/c1-27-3-7-29(8-4-27)43-35-19-23-39(53-35)45(31-11-15-33(16-12-31)47(49)50)41-25-21-37(55-41)44(30-9-5-28(2)6-10-30)38-22-26-42(56-38)46(40-24-20-36(43)54-40)32-13-17-34(18-14-32)48(51)52/h3-26,53,56H,1-2H3,(H3,49,50)(H3,51,52). The summed E-state index contributed by atoms with van der Waals surface area (Å²) in [5.41, 5.74) is 29.9. The fraction of sp³-hybridized carbons (Fsp3) is 0.0417. The zero-order chi connectivity index (χ0) is 38.5. The first-order valence-corrected chi connectivity index (χ1v) is 18.4. The maximum atomic E-state index is 8.00. The number of rotatable bonds is 6. The summed E-state index contributed by atoms with van der Waals surface area (Å²) in [6.45, 7) is 4.17. The number of H-pyrrole nitrogens is 2. The van der Waals surface area contributed by atoms with Crippen LogP contribution in [0.25, 0.3) is 90.9 Å². The number of benzene rings is 4. The third-order valence-electron chi connectivity index (χ3n) is 10.4. The number of nitrogens with zero attached hydrogens (tertiary/aromatic N) is 2. The van der Waals surface area contributed by atoms with Crippen LogP contribution in [0, 0.1) is 24.7 Å². The van der Waals surface area contributed by atoms with Crippen molar-refractivity contribution in [3.8, 4) is 44.5 Å². The lowest BCUT2D eigenvalue weighted by atomic mass is 10.0. The van der Waals surface area contributed by atoms with Crippen molar-refractivity contribution in [3.63, 3.8) is 0 Å². The molecule has 0 saturated heterocycles. The summed E-state index contributed by atoms with van der Waals surface area (Å²) in [4.78, 5) is 18.3. The molecule has 270 valence electrons. The Balaban J connectivity index is 1.44. The molecular formula is C48H38N8. The van der Waals surface area contributed by atoms with E-state index in [4.69, 9.17) is 32.3 Å². The van der Waals surface area contributed by atoms with Crippen LogP contribution in [0.2, 0.25) is 0 Å². The first kappa shape index (κ1) is 34.2. The number of hydrogen-bond donors (Lipinski definition) is 6. The molecule has 0 unspecified atom stereocenters. The maximum absolute atomic E-state index is 8.00. The fourth-order valence-electron chi connectivity index (χ4n) is 7.49. The van der Waals surface area contributed by atoms with E-state index < -0.39 is 0 Å². The monoisotopic (exact) mass is 726 g/mol. The first-order valence-electron chi connectivity index (χ1n) is 18.4. The third kappa shape index (κ3) is 6.19. The average Bonchev–Trinajstić information content (AvgIpc) is 4.05. The van der Waals surface area contributed by atoms with Gasteiger partial charge in [0.2, 0.25) is 0 Å². The van der Waals surface area contributed by atoms with E-state index in [1.807, 2.05) is 48.5 Å². The lowest BCUT2D eigenvalue weighted by Gasteiger charge is -2.08. The number of amidine groups is 2. The van der Waals surface area contributed by atoms with Crippen LogP contribution in [0.3, 0.4) is 0 Å². The summed E-state index contributed by atoms with van der Waals surface area (Å²) >= 11 is 0. The van der Waals surface area contributed by atoms with E-state index in [9.17, 15) is 0 Å². The van der Waals surface area contributed by atoms with Crippen molar-refractivity contribution < 1.29 is 0 Å². The Morgan fingerprint density at radius 1 is 0.393 bits per heavy atom. The molecule has 0 saturated carbocycles. The van der Waals surface area contributed by atoms with Crippen molar-refractivity contribution in [2.24, 2.45) is 11.5 Å². The van der Waals surface area contributed by atoms with Crippen LogP contribution in [0.1, 0.15) is 45.0 Å². The molecule has 0 radical (unpaired) electrons. The van der Waals surface area contributed by atoms with Gasteiger partial charge in [-0.05, 0) is 84.7 Å². The molecule has 0 spiro atoms. The summed E-state index contributed by atoms with van der Waals surface area (Å²) < 4.78 is 0. The maximum Gasteiger partial charge on any atom is 0.122 e. The van der Waals surface area contributed by atoms with Gasteiger partial charge >= 0.3 is 0 Å². The van der Waals surface area contributed by atoms with Gasteiger partial charge in [-0.25, -0.2) is 9.97 Å². The summed E-state index contributed by atoms with van der Waals surface area (Å²) in [5, 5.41) is 16.0. The van der Waals surface area contributed by atoms with Crippen LogP contribution < -0.4 is 11.5 Å². The van der Waals surface area contributed by atoms with Gasteiger partial charge in [-0.1, -0.05) is 108 Å². The number of aromatic nitrogens is 4. The summed E-state index contributed by atoms with van der Waals surface area (Å²) in [6, 6.07) is 40.9. The number of hydrogen-bond acceptors (Lipinski definition) is 4. The van der Waals surface area contributed by atoms with Crippen LogP contribution >= 0.6 is 0 Å². The van der Waals surface area contributed by atoms with Crippen molar-refractivity contribution in [1.82, 2.24) is 19.9 Å². The molecule has 9 rings (SSSR count).